The average molecular weight is 398 g/mol. The number of hydrogen-bond donors (Lipinski definition) is 2. The standard InChI is InChI=1S/C20H23N5O2S/c26-28(27,18-6-2-1-3-7-18)22-14-16-8-11-25(12-9-16)20-13-19(23-24-20)17-5-4-10-21-15-17/h1-7,10,13,15-16,22H,8-9,11-12,14H2,(H,23,24). The number of hydrogen-bond acceptors (Lipinski definition) is 5. The summed E-state index contributed by atoms with van der Waals surface area (Å²) >= 11 is 0. The van der Waals surface area contributed by atoms with Crippen LogP contribution in [0.5, 0.6) is 0 Å². The Labute approximate surface area is 164 Å². The van der Waals surface area contributed by atoms with Gasteiger partial charge in [-0.3, -0.25) is 10.1 Å². The minimum Gasteiger partial charge on any atom is -0.355 e. The Balaban J connectivity index is 1.31. The SMILES string of the molecule is O=S(=O)(NCC1CCN(c2cc(-c3cccnc3)[nH]n2)CC1)c1ccccc1. The minimum absolute atomic E-state index is 0.312. The van der Waals surface area contributed by atoms with E-state index < -0.39 is 10.0 Å². The predicted octanol–water partition coefficient (Wildman–Crippen LogP) is 2.67. The molecule has 0 bridgehead atoms. The zero-order chi connectivity index (χ0) is 19.4. The molecule has 3 aromatic rings. The molecule has 0 radical (unpaired) electrons. The first-order valence-electron chi connectivity index (χ1n) is 9.37. The molecule has 28 heavy (non-hydrogen) atoms. The lowest BCUT2D eigenvalue weighted by atomic mass is 9.97. The lowest BCUT2D eigenvalue weighted by Gasteiger charge is -2.32. The molecule has 7 nitrogen and oxygen atoms in total. The third-order valence-electron chi connectivity index (χ3n) is 5.09. The minimum atomic E-state index is -3.44. The molecule has 1 aliphatic heterocycles. The van der Waals surface area contributed by atoms with Crippen LogP contribution in [-0.2, 0) is 10.0 Å². The molecular formula is C20H23N5O2S. The van der Waals surface area contributed by atoms with Crippen LogP contribution in [0.3, 0.4) is 0 Å². The van der Waals surface area contributed by atoms with E-state index in [2.05, 4.69) is 24.8 Å². The van der Waals surface area contributed by atoms with E-state index in [9.17, 15) is 8.42 Å². The van der Waals surface area contributed by atoms with Gasteiger partial charge in [-0.15, -0.1) is 0 Å². The topological polar surface area (TPSA) is 91.0 Å². The maximum absolute atomic E-state index is 12.4. The van der Waals surface area contributed by atoms with E-state index in [0.717, 1.165) is 43.0 Å². The number of benzene rings is 1. The van der Waals surface area contributed by atoms with Gasteiger partial charge in [0.2, 0.25) is 10.0 Å². The number of pyridine rings is 1. The average Bonchev–Trinajstić information content (AvgIpc) is 3.24. The van der Waals surface area contributed by atoms with Crippen molar-refractivity contribution in [3.05, 3.63) is 60.9 Å². The molecule has 0 unspecified atom stereocenters. The molecule has 0 atom stereocenters. The number of piperidine rings is 1. The summed E-state index contributed by atoms with van der Waals surface area (Å²) in [5, 5.41) is 7.50. The molecule has 1 aliphatic rings. The van der Waals surface area contributed by atoms with Gasteiger partial charge >= 0.3 is 0 Å². The Hall–Kier alpha value is -2.71. The van der Waals surface area contributed by atoms with Gasteiger partial charge in [0.15, 0.2) is 5.82 Å². The number of nitrogens with one attached hydrogen (secondary N) is 2. The molecule has 146 valence electrons. The molecule has 1 saturated heterocycles. The normalized spacial score (nSPS) is 15.6. The van der Waals surface area contributed by atoms with Crippen molar-refractivity contribution in [1.29, 1.82) is 0 Å². The summed E-state index contributed by atoms with van der Waals surface area (Å²) in [7, 11) is -3.44. The smallest absolute Gasteiger partial charge is 0.240 e. The van der Waals surface area contributed by atoms with Gasteiger partial charge in [0.25, 0.3) is 0 Å². The molecule has 0 amide bonds. The fraction of sp³-hybridized carbons (Fsp3) is 0.300. The van der Waals surface area contributed by atoms with Gasteiger partial charge in [0, 0.05) is 43.7 Å². The Bertz CT molecular complexity index is 997. The van der Waals surface area contributed by atoms with Crippen LogP contribution >= 0.6 is 0 Å². The molecule has 0 spiro atoms. The zero-order valence-electron chi connectivity index (χ0n) is 15.5. The lowest BCUT2D eigenvalue weighted by Crippen LogP contribution is -2.38. The van der Waals surface area contributed by atoms with Gasteiger partial charge in [0.05, 0.1) is 10.6 Å². The van der Waals surface area contributed by atoms with Gasteiger partial charge in [-0.05, 0) is 43.0 Å². The highest BCUT2D eigenvalue weighted by molar-refractivity contribution is 7.89. The van der Waals surface area contributed by atoms with Crippen LogP contribution in [0.15, 0.2) is 65.8 Å². The molecule has 8 heteroatoms. The van der Waals surface area contributed by atoms with Crippen LogP contribution in [0.1, 0.15) is 12.8 Å². The van der Waals surface area contributed by atoms with Gasteiger partial charge in [-0.2, -0.15) is 5.10 Å². The second-order valence-corrected chi connectivity index (χ2v) is 8.74. The summed E-state index contributed by atoms with van der Waals surface area (Å²) in [6.07, 6.45) is 5.40. The first kappa shape index (κ1) is 18.6. The lowest BCUT2D eigenvalue weighted by molar-refractivity contribution is 0.400. The maximum Gasteiger partial charge on any atom is 0.240 e. The van der Waals surface area contributed by atoms with Crippen molar-refractivity contribution in [2.75, 3.05) is 24.5 Å². The summed E-state index contributed by atoms with van der Waals surface area (Å²) in [5.41, 5.74) is 1.95. The Morgan fingerprint density at radius 2 is 1.89 bits per heavy atom. The first-order valence-corrected chi connectivity index (χ1v) is 10.9. The molecule has 4 rings (SSSR count). The van der Waals surface area contributed by atoms with Crippen LogP contribution < -0.4 is 9.62 Å². The van der Waals surface area contributed by atoms with Crippen molar-refractivity contribution >= 4 is 15.8 Å². The van der Waals surface area contributed by atoms with Crippen molar-refractivity contribution in [2.45, 2.75) is 17.7 Å². The fourth-order valence-corrected chi connectivity index (χ4v) is 4.56. The molecule has 2 N–H and O–H groups in total. The molecule has 2 aromatic heterocycles. The number of H-pyrrole nitrogens is 1. The summed E-state index contributed by atoms with van der Waals surface area (Å²) in [6, 6.07) is 14.4. The number of nitrogens with zero attached hydrogens (tertiary/aromatic N) is 3. The van der Waals surface area contributed by atoms with Crippen LogP contribution in [0.25, 0.3) is 11.3 Å². The highest BCUT2D eigenvalue weighted by Gasteiger charge is 2.23. The van der Waals surface area contributed by atoms with Gasteiger partial charge in [-0.1, -0.05) is 18.2 Å². The van der Waals surface area contributed by atoms with Crippen molar-refractivity contribution in [3.63, 3.8) is 0 Å². The monoisotopic (exact) mass is 397 g/mol. The second-order valence-electron chi connectivity index (χ2n) is 6.98. The number of rotatable bonds is 6. The molecule has 1 fully saturated rings. The quantitative estimate of drug-likeness (QED) is 0.667. The van der Waals surface area contributed by atoms with E-state index in [-0.39, 0.29) is 0 Å². The largest absolute Gasteiger partial charge is 0.355 e. The van der Waals surface area contributed by atoms with E-state index in [0.29, 0.717) is 17.4 Å². The fourth-order valence-electron chi connectivity index (χ4n) is 3.42. The number of anilines is 1. The van der Waals surface area contributed by atoms with Crippen molar-refractivity contribution in [2.24, 2.45) is 5.92 Å². The number of aromatic amines is 1. The third kappa shape index (κ3) is 4.23. The summed E-state index contributed by atoms with van der Waals surface area (Å²) in [5.74, 6) is 1.24. The van der Waals surface area contributed by atoms with Crippen molar-refractivity contribution in [3.8, 4) is 11.3 Å². The van der Waals surface area contributed by atoms with E-state index in [1.165, 1.54) is 0 Å². The van der Waals surface area contributed by atoms with Crippen molar-refractivity contribution < 1.29 is 8.42 Å². The highest BCUT2D eigenvalue weighted by atomic mass is 32.2. The van der Waals surface area contributed by atoms with Gasteiger partial charge in [-0.25, -0.2) is 13.1 Å². The molecular weight excluding hydrogens is 374 g/mol. The van der Waals surface area contributed by atoms with Crippen LogP contribution in [-0.4, -0.2) is 43.2 Å². The summed E-state index contributed by atoms with van der Waals surface area (Å²) < 4.78 is 27.5. The Kier molecular flexibility index (Phi) is 5.40. The molecule has 3 heterocycles. The molecule has 1 aromatic carbocycles. The van der Waals surface area contributed by atoms with E-state index in [1.54, 1.807) is 30.5 Å². The van der Waals surface area contributed by atoms with Gasteiger partial charge in [0.1, 0.15) is 0 Å². The molecule has 0 saturated carbocycles. The summed E-state index contributed by atoms with van der Waals surface area (Å²) in [6.45, 7) is 2.18. The number of aromatic nitrogens is 3. The van der Waals surface area contributed by atoms with E-state index in [4.69, 9.17) is 0 Å². The second kappa shape index (κ2) is 8.12. The van der Waals surface area contributed by atoms with Crippen LogP contribution in [0, 0.1) is 5.92 Å². The highest BCUT2D eigenvalue weighted by Crippen LogP contribution is 2.25. The Morgan fingerprint density at radius 1 is 1.11 bits per heavy atom. The van der Waals surface area contributed by atoms with Crippen molar-refractivity contribution in [1.82, 2.24) is 19.9 Å². The predicted molar refractivity (Wildman–Crippen MR) is 108 cm³/mol. The van der Waals surface area contributed by atoms with Crippen LogP contribution in [0.2, 0.25) is 0 Å². The summed E-state index contributed by atoms with van der Waals surface area (Å²) in [4.78, 5) is 6.68. The Morgan fingerprint density at radius 3 is 2.61 bits per heavy atom. The van der Waals surface area contributed by atoms with Crippen LogP contribution in [0.4, 0.5) is 5.82 Å². The molecule has 0 aliphatic carbocycles. The van der Waals surface area contributed by atoms with Gasteiger partial charge < -0.3 is 4.90 Å². The maximum atomic E-state index is 12.4. The third-order valence-corrected chi connectivity index (χ3v) is 6.53. The van der Waals surface area contributed by atoms with E-state index in [1.807, 2.05) is 30.5 Å². The first-order chi connectivity index (χ1) is 13.6. The van der Waals surface area contributed by atoms with E-state index >= 15 is 0 Å². The zero-order valence-corrected chi connectivity index (χ0v) is 16.3. The number of sulfonamides is 1.